The molecule has 0 saturated carbocycles. The molecule has 18 nitrogen and oxygen atoms in total. The Morgan fingerprint density at radius 1 is 1.19 bits per heavy atom. The number of aliphatic carboxylic acids is 1. The van der Waals surface area contributed by atoms with Crippen LogP contribution in [-0.4, -0.2) is 113 Å². The van der Waals surface area contributed by atoms with E-state index in [-0.39, 0.29) is 23.7 Å². The maximum absolute atomic E-state index is 14.3. The van der Waals surface area contributed by atoms with E-state index >= 15 is 0 Å². The average molecular weight is 765 g/mol. The third kappa shape index (κ3) is 9.61. The molecular formula is C30H33F5N6O12. The molecule has 290 valence electrons. The number of pyridine rings is 1. The van der Waals surface area contributed by atoms with E-state index in [9.17, 15) is 61.9 Å². The first kappa shape index (κ1) is 40.5. The molecule has 3 heterocycles. The first-order chi connectivity index (χ1) is 24.9. The summed E-state index contributed by atoms with van der Waals surface area (Å²) in [6.45, 7) is 0.784. The van der Waals surface area contributed by atoms with Crippen LogP contribution in [0, 0.1) is 0 Å². The fourth-order valence-corrected chi connectivity index (χ4v) is 5.11. The van der Waals surface area contributed by atoms with E-state index in [1.807, 2.05) is 0 Å². The highest BCUT2D eigenvalue weighted by molar-refractivity contribution is 5.84. The monoisotopic (exact) mass is 764 g/mol. The van der Waals surface area contributed by atoms with Crippen molar-refractivity contribution in [1.29, 1.82) is 0 Å². The Hall–Kier alpha value is -5.23. The lowest BCUT2D eigenvalue weighted by Crippen LogP contribution is -2.68. The number of halogens is 5. The zero-order valence-electron chi connectivity index (χ0n) is 27.5. The van der Waals surface area contributed by atoms with Crippen LogP contribution in [-0.2, 0) is 31.8 Å². The van der Waals surface area contributed by atoms with Gasteiger partial charge in [0.25, 0.3) is 6.43 Å². The maximum atomic E-state index is 14.3. The number of nitrogens with one attached hydrogen (secondary N) is 2. The molecule has 0 radical (unpaired) electrons. The van der Waals surface area contributed by atoms with E-state index in [4.69, 9.17) is 18.9 Å². The largest absolute Gasteiger partial charge is 0.478 e. The highest BCUT2D eigenvalue weighted by Crippen LogP contribution is 2.39. The second kappa shape index (κ2) is 16.6. The summed E-state index contributed by atoms with van der Waals surface area (Å²) in [6, 6.07) is 1.95. The van der Waals surface area contributed by atoms with E-state index in [0.29, 0.717) is 6.07 Å². The number of nitrogens with zero attached hydrogens (tertiary/aromatic N) is 4. The number of amides is 2. The summed E-state index contributed by atoms with van der Waals surface area (Å²) in [4.78, 5) is 40.1. The van der Waals surface area contributed by atoms with Crippen molar-refractivity contribution in [3.63, 3.8) is 0 Å². The van der Waals surface area contributed by atoms with Crippen LogP contribution >= 0.6 is 0 Å². The number of hydrogen-bond acceptors (Lipinski definition) is 14. The second-order valence-electron chi connectivity index (χ2n) is 11.4. The molecule has 0 aliphatic carbocycles. The van der Waals surface area contributed by atoms with Crippen LogP contribution in [0.15, 0.2) is 36.7 Å². The topological polar surface area (TPSA) is 257 Å². The van der Waals surface area contributed by atoms with Crippen LogP contribution in [0.25, 0.3) is 5.69 Å². The van der Waals surface area contributed by atoms with E-state index in [1.54, 1.807) is 0 Å². The molecular weight excluding hydrogens is 731 g/mol. The van der Waals surface area contributed by atoms with Gasteiger partial charge in [-0.3, -0.25) is 10.1 Å². The number of carboxylic acid groups (broad SMARTS) is 1. The Bertz CT molecular complexity index is 1780. The minimum atomic E-state index is -4.84. The zero-order chi connectivity index (χ0) is 39.2. The van der Waals surface area contributed by atoms with Crippen molar-refractivity contribution in [2.24, 2.45) is 0 Å². The lowest BCUT2D eigenvalue weighted by molar-refractivity contribution is -0.284. The van der Waals surface area contributed by atoms with Gasteiger partial charge in [0.05, 0.1) is 61.1 Å². The molecule has 7 N–H and O–H groups in total. The third-order valence-electron chi connectivity index (χ3n) is 7.53. The molecule has 23 heteroatoms. The van der Waals surface area contributed by atoms with Crippen molar-refractivity contribution < 1.29 is 80.8 Å². The molecule has 0 unspecified atom stereocenters. The molecule has 1 saturated heterocycles. The first-order valence-corrected chi connectivity index (χ1v) is 15.4. The Morgan fingerprint density at radius 2 is 1.91 bits per heavy atom. The standard InChI is InChI=1S/C30H33F5N6O12/c1-3-50-26-18(30(33,34)35)6-14(9-36-26)38-28(49)51-12-15-10-41(40-39-15)16-4-5-21(17(7-16)25(31)32)52-29(27(47)48)8-19(44)22(37-13(2)43)24(53-29)23(46)20(45)11-42/h4-7,9-10,19-20,22-25,42,44-46H,3,8,11-12H2,1-2H3,(H,37,43)(H,38,49)(H,47,48)/t19-,20+,22+,23+,24+,29+/m0/s1. The molecule has 1 fully saturated rings. The number of carbonyl (C=O) groups is 3. The van der Waals surface area contributed by atoms with E-state index in [2.05, 4.69) is 25.9 Å². The normalized spacial score (nSPS) is 21.4. The average Bonchev–Trinajstić information content (AvgIpc) is 3.57. The number of anilines is 1. The lowest BCUT2D eigenvalue weighted by Gasteiger charge is -2.46. The summed E-state index contributed by atoms with van der Waals surface area (Å²) in [6.07, 6.45) is -16.1. The van der Waals surface area contributed by atoms with Crippen LogP contribution in [0.2, 0.25) is 0 Å². The Kier molecular flexibility index (Phi) is 12.7. The van der Waals surface area contributed by atoms with Gasteiger partial charge in [-0.1, -0.05) is 5.21 Å². The lowest BCUT2D eigenvalue weighted by atomic mass is 9.88. The third-order valence-corrected chi connectivity index (χ3v) is 7.53. The number of carbonyl (C=O) groups excluding carboxylic acids is 2. The molecule has 1 aromatic carbocycles. The SMILES string of the molecule is CCOc1ncc(NC(=O)OCc2cn(-c3ccc(O[C@]4(C(=O)O)C[C@H](O)[C@@H](NC(C)=O)[C@H]([C@H](O)[C@H](O)CO)O4)c(C(F)F)c3)nn2)cc1C(F)(F)F. The van der Waals surface area contributed by atoms with Crippen molar-refractivity contribution in [3.05, 3.63) is 53.5 Å². The van der Waals surface area contributed by atoms with Crippen molar-refractivity contribution in [1.82, 2.24) is 25.3 Å². The molecule has 1 aliphatic rings. The molecule has 1 aliphatic heterocycles. The van der Waals surface area contributed by atoms with Gasteiger partial charge in [0.2, 0.25) is 11.8 Å². The summed E-state index contributed by atoms with van der Waals surface area (Å²) < 4.78 is 90.6. The van der Waals surface area contributed by atoms with Gasteiger partial charge in [0, 0.05) is 6.92 Å². The predicted octanol–water partition coefficient (Wildman–Crippen LogP) is 1.29. The van der Waals surface area contributed by atoms with Crippen LogP contribution in [0.3, 0.4) is 0 Å². The number of aliphatic hydroxyl groups is 4. The zero-order valence-corrected chi connectivity index (χ0v) is 27.5. The minimum Gasteiger partial charge on any atom is -0.478 e. The van der Waals surface area contributed by atoms with Crippen molar-refractivity contribution >= 4 is 23.7 Å². The first-order valence-electron chi connectivity index (χ1n) is 15.4. The van der Waals surface area contributed by atoms with Gasteiger partial charge in [0.15, 0.2) is 0 Å². The fourth-order valence-electron chi connectivity index (χ4n) is 5.11. The van der Waals surface area contributed by atoms with Crippen molar-refractivity contribution in [2.75, 3.05) is 18.5 Å². The number of ether oxygens (including phenoxy) is 4. The molecule has 4 rings (SSSR count). The minimum absolute atomic E-state index is 0.0438. The Balaban J connectivity index is 1.52. The maximum Gasteiger partial charge on any atom is 0.421 e. The smallest absolute Gasteiger partial charge is 0.421 e. The molecule has 2 amide bonds. The number of alkyl halides is 5. The predicted molar refractivity (Wildman–Crippen MR) is 164 cm³/mol. The highest BCUT2D eigenvalue weighted by atomic mass is 19.4. The van der Waals surface area contributed by atoms with E-state index < -0.39 is 109 Å². The van der Waals surface area contributed by atoms with Gasteiger partial charge in [-0.25, -0.2) is 28.0 Å². The van der Waals surface area contributed by atoms with Crippen molar-refractivity contribution in [2.45, 2.75) is 75.7 Å². The summed E-state index contributed by atoms with van der Waals surface area (Å²) >= 11 is 0. The van der Waals surface area contributed by atoms with Gasteiger partial charge < -0.3 is 49.8 Å². The Morgan fingerprint density at radius 3 is 2.51 bits per heavy atom. The number of carboxylic acids is 1. The quantitative estimate of drug-likeness (QED) is 0.114. The molecule has 0 spiro atoms. The second-order valence-corrected chi connectivity index (χ2v) is 11.4. The van der Waals surface area contributed by atoms with Gasteiger partial charge in [-0.2, -0.15) is 13.2 Å². The summed E-state index contributed by atoms with van der Waals surface area (Å²) in [7, 11) is 0. The fraction of sp³-hybridized carbons (Fsp3) is 0.467. The van der Waals surface area contributed by atoms with Crippen LogP contribution in [0.1, 0.15) is 43.5 Å². The molecule has 2 aromatic heterocycles. The number of rotatable bonds is 14. The van der Waals surface area contributed by atoms with Crippen LogP contribution in [0.5, 0.6) is 11.6 Å². The summed E-state index contributed by atoms with van der Waals surface area (Å²) in [5.41, 5.74) is -2.64. The summed E-state index contributed by atoms with van der Waals surface area (Å²) in [5, 5.41) is 62.6. The molecule has 6 atom stereocenters. The van der Waals surface area contributed by atoms with Crippen molar-refractivity contribution in [3.8, 4) is 17.3 Å². The van der Waals surface area contributed by atoms with Gasteiger partial charge in [0.1, 0.15) is 41.9 Å². The Labute approximate surface area is 295 Å². The van der Waals surface area contributed by atoms with E-state index in [0.717, 1.165) is 42.2 Å². The molecule has 0 bridgehead atoms. The van der Waals surface area contributed by atoms with E-state index in [1.165, 1.54) is 6.92 Å². The van der Waals surface area contributed by atoms with Gasteiger partial charge in [-0.15, -0.1) is 5.10 Å². The molecule has 3 aromatic rings. The summed E-state index contributed by atoms with van der Waals surface area (Å²) in [5.74, 6) is -7.10. The number of hydrogen-bond donors (Lipinski definition) is 7. The van der Waals surface area contributed by atoms with Crippen LogP contribution in [0.4, 0.5) is 32.4 Å². The van der Waals surface area contributed by atoms with Gasteiger partial charge in [-0.05, 0) is 31.2 Å². The number of aromatic nitrogens is 4. The van der Waals surface area contributed by atoms with Gasteiger partial charge >= 0.3 is 24.0 Å². The number of aliphatic hydroxyl groups excluding tert-OH is 4. The van der Waals surface area contributed by atoms with Crippen LogP contribution < -0.4 is 20.1 Å². The number of benzene rings is 1. The molecule has 53 heavy (non-hydrogen) atoms. The highest BCUT2D eigenvalue weighted by Gasteiger charge is 2.57.